The van der Waals surface area contributed by atoms with E-state index < -0.39 is 10.0 Å². The first-order valence-electron chi connectivity index (χ1n) is 7.61. The van der Waals surface area contributed by atoms with Crippen molar-refractivity contribution in [1.82, 2.24) is 14.6 Å². The van der Waals surface area contributed by atoms with Gasteiger partial charge in [-0.25, -0.2) is 17.7 Å². The van der Waals surface area contributed by atoms with Gasteiger partial charge in [-0.15, -0.1) is 0 Å². The summed E-state index contributed by atoms with van der Waals surface area (Å²) in [5, 5.41) is 3.02. The van der Waals surface area contributed by atoms with Crippen LogP contribution >= 0.6 is 11.8 Å². The molecule has 26 heavy (non-hydrogen) atoms. The van der Waals surface area contributed by atoms with Crippen molar-refractivity contribution in [2.45, 2.75) is 16.7 Å². The summed E-state index contributed by atoms with van der Waals surface area (Å²) in [6.45, 7) is 0.311. The Hall–Kier alpha value is -2.30. The molecule has 8 nitrogen and oxygen atoms in total. The van der Waals surface area contributed by atoms with E-state index in [1.54, 1.807) is 24.5 Å². The zero-order valence-electron chi connectivity index (χ0n) is 14.1. The number of amides is 1. The Bertz CT molecular complexity index is 1010. The van der Waals surface area contributed by atoms with Crippen LogP contribution < -0.4 is 5.32 Å². The summed E-state index contributed by atoms with van der Waals surface area (Å²) in [5.74, 6) is 0.598. The van der Waals surface area contributed by atoms with Gasteiger partial charge in [0.25, 0.3) is 5.22 Å². The number of oxazole rings is 1. The molecule has 0 bridgehead atoms. The second-order valence-electron chi connectivity index (χ2n) is 5.54. The second-order valence-corrected chi connectivity index (χ2v) is 8.62. The number of furan rings is 1. The molecule has 1 N–H and O–H groups in total. The Balaban J connectivity index is 1.64. The average Bonchev–Trinajstić information content (AvgIpc) is 3.26. The normalized spacial score (nSPS) is 12.0. The molecule has 0 atom stereocenters. The van der Waals surface area contributed by atoms with E-state index in [2.05, 4.69) is 10.3 Å². The molecule has 2 heterocycles. The number of fused-ring (bicyclic) bond motifs is 1. The number of carbonyl (C=O) groups excluding carboxylic acids is 1. The molecule has 0 saturated carbocycles. The van der Waals surface area contributed by atoms with Crippen LogP contribution in [0.5, 0.6) is 0 Å². The van der Waals surface area contributed by atoms with E-state index in [-0.39, 0.29) is 16.6 Å². The average molecular weight is 395 g/mol. The molecule has 0 aliphatic rings. The SMILES string of the molecule is CN(C)S(=O)(=O)c1ccc2oc(SCC(=O)NCc3ccco3)nc2c1. The highest BCUT2D eigenvalue weighted by Gasteiger charge is 2.19. The van der Waals surface area contributed by atoms with Crippen molar-refractivity contribution in [3.05, 3.63) is 42.4 Å². The lowest BCUT2D eigenvalue weighted by molar-refractivity contribution is -0.118. The second kappa shape index (κ2) is 7.52. The summed E-state index contributed by atoms with van der Waals surface area (Å²) < 4.78 is 36.1. The molecule has 138 valence electrons. The number of benzene rings is 1. The van der Waals surface area contributed by atoms with E-state index in [0.29, 0.717) is 28.6 Å². The zero-order chi connectivity index (χ0) is 18.7. The Morgan fingerprint density at radius 1 is 1.31 bits per heavy atom. The topological polar surface area (TPSA) is 106 Å². The van der Waals surface area contributed by atoms with E-state index in [0.717, 1.165) is 16.1 Å². The van der Waals surface area contributed by atoms with E-state index in [9.17, 15) is 13.2 Å². The van der Waals surface area contributed by atoms with Crippen molar-refractivity contribution in [2.75, 3.05) is 19.8 Å². The lowest BCUT2D eigenvalue weighted by Gasteiger charge is -2.10. The first kappa shape index (κ1) is 18.5. The first-order chi connectivity index (χ1) is 12.4. The number of rotatable bonds is 7. The highest BCUT2D eigenvalue weighted by Crippen LogP contribution is 2.26. The summed E-state index contributed by atoms with van der Waals surface area (Å²) in [6, 6.07) is 8.00. The molecule has 0 unspecified atom stereocenters. The van der Waals surface area contributed by atoms with Crippen molar-refractivity contribution >= 4 is 38.8 Å². The Morgan fingerprint density at radius 3 is 2.81 bits per heavy atom. The van der Waals surface area contributed by atoms with Gasteiger partial charge in [0.1, 0.15) is 11.3 Å². The molecule has 10 heteroatoms. The van der Waals surface area contributed by atoms with Crippen LogP contribution in [0, 0.1) is 0 Å². The minimum Gasteiger partial charge on any atom is -0.467 e. The van der Waals surface area contributed by atoms with Gasteiger partial charge in [0.2, 0.25) is 15.9 Å². The van der Waals surface area contributed by atoms with Crippen molar-refractivity contribution in [3.8, 4) is 0 Å². The summed E-state index contributed by atoms with van der Waals surface area (Å²) >= 11 is 1.13. The smallest absolute Gasteiger partial charge is 0.257 e. The number of hydrogen-bond donors (Lipinski definition) is 1. The number of nitrogens with zero attached hydrogens (tertiary/aromatic N) is 2. The fraction of sp³-hybridized carbons (Fsp3) is 0.250. The number of thioether (sulfide) groups is 1. The fourth-order valence-corrected chi connectivity index (χ4v) is 3.69. The molecular formula is C16H17N3O5S2. The maximum atomic E-state index is 12.2. The predicted molar refractivity (Wildman–Crippen MR) is 96.2 cm³/mol. The molecule has 3 aromatic rings. The largest absolute Gasteiger partial charge is 0.467 e. The Labute approximate surface area is 154 Å². The molecule has 0 aliphatic carbocycles. The highest BCUT2D eigenvalue weighted by molar-refractivity contribution is 7.99. The number of nitrogens with one attached hydrogen (secondary N) is 1. The van der Waals surface area contributed by atoms with E-state index >= 15 is 0 Å². The van der Waals surface area contributed by atoms with Crippen molar-refractivity contribution in [3.63, 3.8) is 0 Å². The van der Waals surface area contributed by atoms with E-state index in [1.165, 1.54) is 26.2 Å². The van der Waals surface area contributed by atoms with Crippen LogP contribution in [0.25, 0.3) is 11.1 Å². The third kappa shape index (κ3) is 4.09. The lowest BCUT2D eigenvalue weighted by Crippen LogP contribution is -2.24. The van der Waals surface area contributed by atoms with Gasteiger partial charge in [0.05, 0.1) is 23.5 Å². The minimum absolute atomic E-state index is 0.121. The summed E-state index contributed by atoms with van der Waals surface area (Å²) in [6.07, 6.45) is 1.54. The molecule has 0 saturated heterocycles. The van der Waals surface area contributed by atoms with Crippen LogP contribution in [0.3, 0.4) is 0 Å². The predicted octanol–water partition coefficient (Wildman–Crippen LogP) is 2.08. The maximum Gasteiger partial charge on any atom is 0.257 e. The number of hydrogen-bond acceptors (Lipinski definition) is 7. The molecule has 0 fully saturated rings. The van der Waals surface area contributed by atoms with Gasteiger partial charge in [-0.2, -0.15) is 0 Å². The minimum atomic E-state index is -3.54. The van der Waals surface area contributed by atoms with E-state index in [1.807, 2.05) is 0 Å². The fourth-order valence-electron chi connectivity index (χ4n) is 2.10. The van der Waals surface area contributed by atoms with Crippen LogP contribution in [0.2, 0.25) is 0 Å². The summed E-state index contributed by atoms with van der Waals surface area (Å²) in [7, 11) is -0.615. The molecule has 1 aromatic carbocycles. The van der Waals surface area contributed by atoms with Crippen molar-refractivity contribution in [1.29, 1.82) is 0 Å². The van der Waals surface area contributed by atoms with Crippen LogP contribution in [-0.2, 0) is 21.4 Å². The van der Waals surface area contributed by atoms with Crippen LogP contribution in [0.1, 0.15) is 5.76 Å². The molecule has 1 amide bonds. The molecule has 0 spiro atoms. The highest BCUT2D eigenvalue weighted by atomic mass is 32.2. The van der Waals surface area contributed by atoms with Crippen LogP contribution in [-0.4, -0.2) is 43.5 Å². The number of sulfonamides is 1. The van der Waals surface area contributed by atoms with Gasteiger partial charge in [0, 0.05) is 14.1 Å². The number of carbonyl (C=O) groups is 1. The van der Waals surface area contributed by atoms with Gasteiger partial charge in [-0.1, -0.05) is 11.8 Å². The summed E-state index contributed by atoms with van der Waals surface area (Å²) in [4.78, 5) is 16.2. The molecule has 3 rings (SSSR count). The maximum absolute atomic E-state index is 12.2. The third-order valence-corrected chi connectivity index (χ3v) is 6.12. The van der Waals surface area contributed by atoms with Gasteiger partial charge in [-0.3, -0.25) is 4.79 Å². The van der Waals surface area contributed by atoms with Gasteiger partial charge >= 0.3 is 0 Å². The van der Waals surface area contributed by atoms with Crippen LogP contribution in [0.15, 0.2) is 55.5 Å². The van der Waals surface area contributed by atoms with Gasteiger partial charge in [0.15, 0.2) is 5.58 Å². The standard InChI is InChI=1S/C16H17N3O5S2/c1-19(2)26(21,22)12-5-6-14-13(8-12)18-16(24-14)25-10-15(20)17-9-11-4-3-7-23-11/h3-8H,9-10H2,1-2H3,(H,17,20). The molecule has 0 radical (unpaired) electrons. The quantitative estimate of drug-likeness (QED) is 0.611. The monoisotopic (exact) mass is 395 g/mol. The van der Waals surface area contributed by atoms with Gasteiger partial charge in [-0.05, 0) is 30.3 Å². The first-order valence-corrected chi connectivity index (χ1v) is 10.0. The lowest BCUT2D eigenvalue weighted by atomic mass is 10.3. The van der Waals surface area contributed by atoms with Crippen molar-refractivity contribution in [2.24, 2.45) is 0 Å². The third-order valence-electron chi connectivity index (χ3n) is 3.48. The Morgan fingerprint density at radius 2 is 2.12 bits per heavy atom. The zero-order valence-corrected chi connectivity index (χ0v) is 15.8. The van der Waals surface area contributed by atoms with Crippen molar-refractivity contribution < 1.29 is 22.0 Å². The van der Waals surface area contributed by atoms with Crippen LogP contribution in [0.4, 0.5) is 0 Å². The molecule has 2 aromatic heterocycles. The van der Waals surface area contributed by atoms with Gasteiger partial charge < -0.3 is 14.2 Å². The number of aromatic nitrogens is 1. The molecule has 0 aliphatic heterocycles. The van der Waals surface area contributed by atoms with E-state index in [4.69, 9.17) is 8.83 Å². The Kier molecular flexibility index (Phi) is 5.35. The summed E-state index contributed by atoms with van der Waals surface area (Å²) in [5.41, 5.74) is 0.882. The molecular weight excluding hydrogens is 378 g/mol.